The van der Waals surface area contributed by atoms with Crippen molar-refractivity contribution in [1.82, 2.24) is 4.90 Å². The van der Waals surface area contributed by atoms with Crippen molar-refractivity contribution < 1.29 is 4.79 Å². The predicted octanol–water partition coefficient (Wildman–Crippen LogP) is 2.15. The van der Waals surface area contributed by atoms with Crippen LogP contribution in [0.1, 0.15) is 53.4 Å². The van der Waals surface area contributed by atoms with Crippen LogP contribution in [0.15, 0.2) is 0 Å². The van der Waals surface area contributed by atoms with E-state index < -0.39 is 0 Å². The van der Waals surface area contributed by atoms with Gasteiger partial charge in [-0.15, -0.1) is 0 Å². The number of likely N-dealkylation sites (tertiary alicyclic amines) is 1. The van der Waals surface area contributed by atoms with Crippen LogP contribution in [0.25, 0.3) is 0 Å². The summed E-state index contributed by atoms with van der Waals surface area (Å²) in [6, 6.07) is 0.120. The highest BCUT2D eigenvalue weighted by Crippen LogP contribution is 2.52. The van der Waals surface area contributed by atoms with Gasteiger partial charge in [0, 0.05) is 12.6 Å². The molecule has 2 N–H and O–H groups in total. The average Bonchev–Trinajstić information content (AvgIpc) is 2.45. The first kappa shape index (κ1) is 12.9. The lowest BCUT2D eigenvalue weighted by atomic mass is 9.65. The molecular weight excluding hydrogens is 212 g/mol. The van der Waals surface area contributed by atoms with Crippen LogP contribution in [-0.2, 0) is 4.79 Å². The number of hydrogen-bond acceptors (Lipinski definition) is 2. The molecule has 1 saturated heterocycles. The Labute approximate surface area is 105 Å². The molecule has 0 spiro atoms. The molecule has 17 heavy (non-hydrogen) atoms. The van der Waals surface area contributed by atoms with Gasteiger partial charge in [0.1, 0.15) is 0 Å². The number of hydrogen-bond donors (Lipinski definition) is 1. The molecule has 3 nitrogen and oxygen atoms in total. The summed E-state index contributed by atoms with van der Waals surface area (Å²) in [4.78, 5) is 14.3. The van der Waals surface area contributed by atoms with Gasteiger partial charge in [-0.1, -0.05) is 27.7 Å². The van der Waals surface area contributed by atoms with Crippen molar-refractivity contribution >= 4 is 5.91 Å². The van der Waals surface area contributed by atoms with E-state index in [2.05, 4.69) is 25.7 Å². The second-order valence-corrected chi connectivity index (χ2v) is 7.19. The third-order valence-electron chi connectivity index (χ3n) is 4.45. The fourth-order valence-electron chi connectivity index (χ4n) is 4.11. The van der Waals surface area contributed by atoms with Gasteiger partial charge >= 0.3 is 0 Å². The van der Waals surface area contributed by atoms with Gasteiger partial charge in [0.25, 0.3) is 0 Å². The first-order valence-electron chi connectivity index (χ1n) is 6.82. The lowest BCUT2D eigenvalue weighted by molar-refractivity contribution is -0.133. The summed E-state index contributed by atoms with van der Waals surface area (Å²) >= 11 is 0. The predicted molar refractivity (Wildman–Crippen MR) is 69.5 cm³/mol. The highest BCUT2D eigenvalue weighted by atomic mass is 16.2. The molecule has 1 heterocycles. The van der Waals surface area contributed by atoms with Crippen molar-refractivity contribution in [3.05, 3.63) is 0 Å². The molecule has 3 heteroatoms. The molecule has 2 rings (SSSR count). The summed E-state index contributed by atoms with van der Waals surface area (Å²) in [5.41, 5.74) is 6.58. The van der Waals surface area contributed by atoms with Crippen molar-refractivity contribution in [1.29, 1.82) is 0 Å². The molecule has 0 aromatic rings. The van der Waals surface area contributed by atoms with Gasteiger partial charge in [-0.25, -0.2) is 0 Å². The van der Waals surface area contributed by atoms with Gasteiger partial charge in [0.15, 0.2) is 0 Å². The average molecular weight is 238 g/mol. The van der Waals surface area contributed by atoms with E-state index in [4.69, 9.17) is 5.73 Å². The minimum Gasteiger partial charge on any atom is -0.338 e. The van der Waals surface area contributed by atoms with Crippen LogP contribution in [0.3, 0.4) is 0 Å². The second-order valence-electron chi connectivity index (χ2n) is 7.19. The largest absolute Gasteiger partial charge is 0.338 e. The van der Waals surface area contributed by atoms with Crippen molar-refractivity contribution in [3.63, 3.8) is 0 Å². The van der Waals surface area contributed by atoms with E-state index in [9.17, 15) is 4.79 Å². The molecule has 1 saturated carbocycles. The van der Waals surface area contributed by atoms with Gasteiger partial charge in [-0.05, 0) is 36.5 Å². The third kappa shape index (κ3) is 2.35. The monoisotopic (exact) mass is 238 g/mol. The molecule has 1 amide bonds. The molecule has 2 aliphatic rings. The summed E-state index contributed by atoms with van der Waals surface area (Å²) in [6.07, 6.45) is 4.26. The Bertz CT molecular complexity index is 326. The Balaban J connectivity index is 2.16. The maximum absolute atomic E-state index is 12.3. The van der Waals surface area contributed by atoms with Crippen LogP contribution >= 0.6 is 0 Å². The summed E-state index contributed by atoms with van der Waals surface area (Å²) < 4.78 is 0. The van der Waals surface area contributed by atoms with Gasteiger partial charge in [0.05, 0.1) is 6.04 Å². The standard InChI is InChI=1S/C14H26N2O/c1-5-11(15)12(17)16-9-14(4)7-10(16)6-13(2,3)8-14/h10-11H,5-9,15H2,1-4H3/t10?,11-,14?/m1/s1. The third-order valence-corrected chi connectivity index (χ3v) is 4.45. The van der Waals surface area contributed by atoms with E-state index in [-0.39, 0.29) is 11.9 Å². The highest BCUT2D eigenvalue weighted by Gasteiger charge is 2.51. The van der Waals surface area contributed by atoms with Gasteiger partial charge in [-0.3, -0.25) is 4.79 Å². The molecular formula is C14H26N2O. The molecule has 2 fully saturated rings. The zero-order chi connectivity index (χ0) is 12.8. The number of amides is 1. The lowest BCUT2D eigenvalue weighted by Crippen LogP contribution is -2.46. The maximum Gasteiger partial charge on any atom is 0.239 e. The van der Waals surface area contributed by atoms with Crippen LogP contribution in [0.5, 0.6) is 0 Å². The quantitative estimate of drug-likeness (QED) is 0.801. The molecule has 0 aromatic heterocycles. The highest BCUT2D eigenvalue weighted by molar-refractivity contribution is 5.82. The number of carbonyl (C=O) groups excluding carboxylic acids is 1. The topological polar surface area (TPSA) is 46.3 Å². The minimum absolute atomic E-state index is 0.166. The van der Waals surface area contributed by atoms with E-state index in [0.717, 1.165) is 19.4 Å². The summed E-state index contributed by atoms with van der Waals surface area (Å²) in [5, 5.41) is 0. The number of nitrogens with zero attached hydrogens (tertiary/aromatic N) is 1. The first-order chi connectivity index (χ1) is 7.76. The molecule has 0 aromatic carbocycles. The van der Waals surface area contributed by atoms with Crippen molar-refractivity contribution in [2.75, 3.05) is 6.54 Å². The molecule has 2 bridgehead atoms. The Morgan fingerprint density at radius 1 is 1.41 bits per heavy atom. The van der Waals surface area contributed by atoms with Crippen LogP contribution < -0.4 is 5.73 Å². The molecule has 0 radical (unpaired) electrons. The van der Waals surface area contributed by atoms with E-state index in [1.165, 1.54) is 12.8 Å². The number of rotatable bonds is 2. The molecule has 1 aliphatic heterocycles. The van der Waals surface area contributed by atoms with Crippen LogP contribution in [0.4, 0.5) is 0 Å². The number of nitrogens with two attached hydrogens (primary N) is 1. The molecule has 2 unspecified atom stereocenters. The zero-order valence-corrected chi connectivity index (χ0v) is 11.6. The summed E-state index contributed by atoms with van der Waals surface area (Å²) in [6.45, 7) is 9.87. The lowest BCUT2D eigenvalue weighted by Gasteiger charge is -2.39. The Hall–Kier alpha value is -0.570. The Kier molecular flexibility index (Phi) is 3.01. The zero-order valence-electron chi connectivity index (χ0n) is 11.6. The minimum atomic E-state index is -0.305. The second kappa shape index (κ2) is 3.98. The van der Waals surface area contributed by atoms with Crippen molar-refractivity contribution in [3.8, 4) is 0 Å². The maximum atomic E-state index is 12.3. The molecule has 3 atom stereocenters. The van der Waals surface area contributed by atoms with Gasteiger partial charge in [-0.2, -0.15) is 0 Å². The fourth-order valence-corrected chi connectivity index (χ4v) is 4.11. The van der Waals surface area contributed by atoms with Crippen molar-refractivity contribution in [2.45, 2.75) is 65.5 Å². The van der Waals surface area contributed by atoms with E-state index in [1.807, 2.05) is 6.92 Å². The normalized spacial score (nSPS) is 37.0. The van der Waals surface area contributed by atoms with Crippen LogP contribution in [-0.4, -0.2) is 29.4 Å². The smallest absolute Gasteiger partial charge is 0.239 e. The molecule has 98 valence electrons. The Morgan fingerprint density at radius 3 is 2.65 bits per heavy atom. The number of fused-ring (bicyclic) bond motifs is 2. The SMILES string of the molecule is CC[C@@H](N)C(=O)N1CC2(C)CC1CC(C)(C)C2. The van der Waals surface area contributed by atoms with Gasteiger partial charge < -0.3 is 10.6 Å². The first-order valence-corrected chi connectivity index (χ1v) is 6.82. The molecule has 1 aliphatic carbocycles. The summed E-state index contributed by atoms with van der Waals surface area (Å²) in [5.74, 6) is 0.166. The van der Waals surface area contributed by atoms with Crippen LogP contribution in [0.2, 0.25) is 0 Å². The van der Waals surface area contributed by atoms with Crippen LogP contribution in [0, 0.1) is 10.8 Å². The number of carbonyl (C=O) groups is 1. The van der Waals surface area contributed by atoms with E-state index in [0.29, 0.717) is 16.9 Å². The fraction of sp³-hybridized carbons (Fsp3) is 0.929. The Morgan fingerprint density at radius 2 is 2.06 bits per heavy atom. The van der Waals surface area contributed by atoms with E-state index in [1.54, 1.807) is 0 Å². The van der Waals surface area contributed by atoms with Gasteiger partial charge in [0.2, 0.25) is 5.91 Å². The van der Waals surface area contributed by atoms with E-state index >= 15 is 0 Å². The van der Waals surface area contributed by atoms with Crippen molar-refractivity contribution in [2.24, 2.45) is 16.6 Å². The summed E-state index contributed by atoms with van der Waals surface area (Å²) in [7, 11) is 0.